The zero-order valence-corrected chi connectivity index (χ0v) is 16.4. The lowest BCUT2D eigenvalue weighted by atomic mass is 9.94. The number of hydrogen-bond donors (Lipinski definition) is 1. The van der Waals surface area contributed by atoms with Crippen molar-refractivity contribution >= 4 is 29.5 Å². The van der Waals surface area contributed by atoms with Crippen LogP contribution in [-0.4, -0.2) is 52.9 Å². The Labute approximate surface area is 168 Å². The molecule has 0 aromatic heterocycles. The maximum Gasteiger partial charge on any atom is 0.281 e. The van der Waals surface area contributed by atoms with Crippen LogP contribution in [0.1, 0.15) is 55.3 Å². The highest BCUT2D eigenvalue weighted by atomic mass is 35.5. The molecule has 1 fully saturated rings. The van der Waals surface area contributed by atoms with E-state index in [-0.39, 0.29) is 53.6 Å². The standard InChI is InChI=1S/C19H25ClN2O6/c20-19-15(13-24)16(22(26)27)8-9-17(19)28-12-4-7-18(25)21(10-11-23)14-5-2-1-3-6-14/h8-9,13-14,23H,1-7,10-12H2. The third-order valence-corrected chi connectivity index (χ3v) is 5.29. The molecule has 1 aliphatic rings. The first-order chi connectivity index (χ1) is 13.5. The average molecular weight is 413 g/mol. The molecular weight excluding hydrogens is 388 g/mol. The third kappa shape index (κ3) is 5.65. The molecule has 0 heterocycles. The smallest absolute Gasteiger partial charge is 0.281 e. The fourth-order valence-electron chi connectivity index (χ4n) is 3.51. The lowest BCUT2D eigenvalue weighted by molar-refractivity contribution is -0.385. The van der Waals surface area contributed by atoms with Crippen molar-refractivity contribution in [1.29, 1.82) is 0 Å². The Morgan fingerprint density at radius 1 is 1.36 bits per heavy atom. The summed E-state index contributed by atoms with van der Waals surface area (Å²) in [5.41, 5.74) is -0.610. The highest BCUT2D eigenvalue weighted by molar-refractivity contribution is 6.34. The number of carbonyl (C=O) groups excluding carboxylic acids is 2. The number of aliphatic hydroxyl groups is 1. The quantitative estimate of drug-likeness (QED) is 0.273. The number of hydrogen-bond acceptors (Lipinski definition) is 6. The first-order valence-corrected chi connectivity index (χ1v) is 9.82. The van der Waals surface area contributed by atoms with Crippen molar-refractivity contribution in [2.24, 2.45) is 0 Å². The van der Waals surface area contributed by atoms with E-state index in [2.05, 4.69) is 0 Å². The van der Waals surface area contributed by atoms with E-state index in [4.69, 9.17) is 16.3 Å². The van der Waals surface area contributed by atoms with Crippen LogP contribution in [0.2, 0.25) is 5.02 Å². The number of nitro groups is 1. The normalized spacial score (nSPS) is 14.5. The first-order valence-electron chi connectivity index (χ1n) is 9.44. The van der Waals surface area contributed by atoms with Crippen molar-refractivity contribution in [3.63, 3.8) is 0 Å². The lowest BCUT2D eigenvalue weighted by Gasteiger charge is -2.34. The number of nitrogens with zero attached hydrogens (tertiary/aromatic N) is 2. The number of carbonyl (C=O) groups is 2. The van der Waals surface area contributed by atoms with Gasteiger partial charge in [0.25, 0.3) is 5.69 Å². The molecule has 1 aromatic carbocycles. The van der Waals surface area contributed by atoms with Gasteiger partial charge in [0.05, 0.1) is 18.1 Å². The summed E-state index contributed by atoms with van der Waals surface area (Å²) in [6.45, 7) is 0.450. The van der Waals surface area contributed by atoms with Crippen molar-refractivity contribution in [3.05, 3.63) is 32.8 Å². The molecule has 1 aromatic rings. The summed E-state index contributed by atoms with van der Waals surface area (Å²) in [7, 11) is 0. The second-order valence-electron chi connectivity index (χ2n) is 6.74. The predicted molar refractivity (Wildman–Crippen MR) is 104 cm³/mol. The van der Waals surface area contributed by atoms with Gasteiger partial charge in [0, 0.05) is 25.1 Å². The van der Waals surface area contributed by atoms with Crippen LogP contribution in [0.5, 0.6) is 5.75 Å². The van der Waals surface area contributed by atoms with Gasteiger partial charge < -0.3 is 14.7 Å². The van der Waals surface area contributed by atoms with Gasteiger partial charge in [0.2, 0.25) is 5.91 Å². The van der Waals surface area contributed by atoms with Gasteiger partial charge in [-0.25, -0.2) is 0 Å². The van der Waals surface area contributed by atoms with Gasteiger partial charge in [0.15, 0.2) is 6.29 Å². The lowest BCUT2D eigenvalue weighted by Crippen LogP contribution is -2.43. The van der Waals surface area contributed by atoms with Gasteiger partial charge in [-0.2, -0.15) is 0 Å². The minimum Gasteiger partial charge on any atom is -0.492 e. The molecular formula is C19H25ClN2O6. The largest absolute Gasteiger partial charge is 0.492 e. The summed E-state index contributed by atoms with van der Waals surface area (Å²) in [5, 5.41) is 20.1. The molecule has 0 radical (unpaired) electrons. The highest BCUT2D eigenvalue weighted by Crippen LogP contribution is 2.33. The SMILES string of the molecule is O=Cc1c([N+](=O)[O-])ccc(OCCCC(=O)N(CCO)C2CCCCC2)c1Cl. The minimum absolute atomic E-state index is 0.0204. The van der Waals surface area contributed by atoms with E-state index in [0.29, 0.717) is 19.3 Å². The molecule has 0 atom stereocenters. The van der Waals surface area contributed by atoms with Gasteiger partial charge >= 0.3 is 0 Å². The molecule has 0 saturated heterocycles. The molecule has 0 aliphatic heterocycles. The Hall–Kier alpha value is -2.19. The zero-order valence-electron chi connectivity index (χ0n) is 15.6. The molecule has 1 N–H and O–H groups in total. The Bertz CT molecular complexity index is 706. The van der Waals surface area contributed by atoms with Crippen LogP contribution in [0, 0.1) is 10.1 Å². The highest BCUT2D eigenvalue weighted by Gasteiger charge is 2.25. The first kappa shape index (κ1) is 22.1. The van der Waals surface area contributed by atoms with Crippen molar-refractivity contribution in [1.82, 2.24) is 4.90 Å². The van der Waals surface area contributed by atoms with Gasteiger partial charge in [0.1, 0.15) is 16.3 Å². The number of aliphatic hydroxyl groups excluding tert-OH is 1. The van der Waals surface area contributed by atoms with Crippen LogP contribution in [0.3, 0.4) is 0 Å². The predicted octanol–water partition coefficient (Wildman–Crippen LogP) is 3.37. The number of benzene rings is 1. The van der Waals surface area contributed by atoms with Crippen LogP contribution in [-0.2, 0) is 4.79 Å². The molecule has 8 nitrogen and oxygen atoms in total. The Morgan fingerprint density at radius 3 is 2.68 bits per heavy atom. The van der Waals surface area contributed by atoms with Crippen LogP contribution in [0.25, 0.3) is 0 Å². The summed E-state index contributed by atoms with van der Waals surface area (Å²) >= 11 is 6.03. The number of rotatable bonds is 10. The number of halogens is 1. The second-order valence-corrected chi connectivity index (χ2v) is 7.12. The summed E-state index contributed by atoms with van der Waals surface area (Å²) in [6, 6.07) is 2.70. The summed E-state index contributed by atoms with van der Waals surface area (Å²) < 4.78 is 5.52. The number of nitro benzene ring substituents is 1. The average Bonchev–Trinajstić information content (AvgIpc) is 2.70. The van der Waals surface area contributed by atoms with Gasteiger partial charge in [-0.05, 0) is 25.3 Å². The Balaban J connectivity index is 1.89. The van der Waals surface area contributed by atoms with E-state index in [0.717, 1.165) is 25.7 Å². The van der Waals surface area contributed by atoms with E-state index in [1.807, 2.05) is 0 Å². The topological polar surface area (TPSA) is 110 Å². The molecule has 0 spiro atoms. The van der Waals surface area contributed by atoms with Crippen LogP contribution < -0.4 is 4.74 Å². The third-order valence-electron chi connectivity index (χ3n) is 4.91. The summed E-state index contributed by atoms with van der Waals surface area (Å²) in [5.74, 6) is 0.147. The van der Waals surface area contributed by atoms with Crippen molar-refractivity contribution in [2.45, 2.75) is 51.0 Å². The molecule has 1 aliphatic carbocycles. The summed E-state index contributed by atoms with van der Waals surface area (Å²) in [4.78, 5) is 35.6. The molecule has 154 valence electrons. The maximum absolute atomic E-state index is 12.5. The zero-order chi connectivity index (χ0) is 20.5. The molecule has 0 unspecified atom stereocenters. The van der Waals surface area contributed by atoms with Crippen LogP contribution in [0.4, 0.5) is 5.69 Å². The van der Waals surface area contributed by atoms with E-state index < -0.39 is 4.92 Å². The molecule has 1 amide bonds. The van der Waals surface area contributed by atoms with Crippen LogP contribution >= 0.6 is 11.6 Å². The van der Waals surface area contributed by atoms with Gasteiger partial charge in [-0.15, -0.1) is 0 Å². The van der Waals surface area contributed by atoms with E-state index in [1.54, 1.807) is 4.90 Å². The fourth-order valence-corrected chi connectivity index (χ4v) is 3.76. The Kier molecular flexibility index (Phi) is 8.66. The maximum atomic E-state index is 12.5. The fraction of sp³-hybridized carbons (Fsp3) is 0.579. The molecule has 1 saturated carbocycles. The van der Waals surface area contributed by atoms with Crippen molar-refractivity contribution in [3.8, 4) is 5.75 Å². The molecule has 28 heavy (non-hydrogen) atoms. The van der Waals surface area contributed by atoms with E-state index in [1.165, 1.54) is 18.6 Å². The van der Waals surface area contributed by atoms with Crippen molar-refractivity contribution in [2.75, 3.05) is 19.8 Å². The van der Waals surface area contributed by atoms with Crippen molar-refractivity contribution < 1.29 is 24.4 Å². The number of amides is 1. The monoisotopic (exact) mass is 412 g/mol. The molecule has 0 bridgehead atoms. The number of aldehydes is 1. The summed E-state index contributed by atoms with van der Waals surface area (Å²) in [6.07, 6.45) is 6.34. The van der Waals surface area contributed by atoms with Gasteiger partial charge in [-0.3, -0.25) is 19.7 Å². The van der Waals surface area contributed by atoms with E-state index >= 15 is 0 Å². The second kappa shape index (κ2) is 11.0. The number of ether oxygens (including phenoxy) is 1. The minimum atomic E-state index is -0.681. The molecule has 9 heteroatoms. The van der Waals surface area contributed by atoms with Gasteiger partial charge in [-0.1, -0.05) is 30.9 Å². The molecule has 2 rings (SSSR count). The van der Waals surface area contributed by atoms with Crippen LogP contribution in [0.15, 0.2) is 12.1 Å². The van der Waals surface area contributed by atoms with E-state index in [9.17, 15) is 24.8 Å². The Morgan fingerprint density at radius 2 is 2.07 bits per heavy atom.